The summed E-state index contributed by atoms with van der Waals surface area (Å²) in [5, 5.41) is 3.69. The number of carbonyl (C=O) groups is 1. The van der Waals surface area contributed by atoms with Crippen LogP contribution in [0.2, 0.25) is 0 Å². The van der Waals surface area contributed by atoms with Crippen LogP contribution in [0.25, 0.3) is 10.9 Å². The second kappa shape index (κ2) is 6.95. The van der Waals surface area contributed by atoms with E-state index in [0.29, 0.717) is 24.1 Å². The summed E-state index contributed by atoms with van der Waals surface area (Å²) < 4.78 is 5.20. The molecule has 6 heteroatoms. The Labute approximate surface area is 138 Å². The number of hydrogen-bond donors (Lipinski definition) is 2. The van der Waals surface area contributed by atoms with Gasteiger partial charge in [0.1, 0.15) is 5.75 Å². The highest BCUT2D eigenvalue weighted by atomic mass is 16.5. The van der Waals surface area contributed by atoms with E-state index in [1.807, 2.05) is 18.2 Å². The minimum absolute atomic E-state index is 0.147. The molecule has 0 spiro atoms. The number of fused-ring (bicyclic) bond motifs is 1. The standard InChI is InChI=1S/C18H17N3O3/c1-24-15-2-3-16-14(11-15)10-13(18(23)21-16)6-9-20-17(22)12-4-7-19-8-5-12/h2-5,7-8,10-11H,6,9H2,1H3,(H,20,22)(H,21,23). The highest BCUT2D eigenvalue weighted by Crippen LogP contribution is 2.18. The fraction of sp³-hybridized carbons (Fsp3) is 0.167. The first kappa shape index (κ1) is 15.7. The number of pyridine rings is 2. The molecule has 0 atom stereocenters. The van der Waals surface area contributed by atoms with Crippen molar-refractivity contribution in [3.63, 3.8) is 0 Å². The number of H-pyrrole nitrogens is 1. The third kappa shape index (κ3) is 3.43. The zero-order valence-corrected chi connectivity index (χ0v) is 13.2. The molecule has 0 aliphatic rings. The van der Waals surface area contributed by atoms with Gasteiger partial charge in [0, 0.05) is 41.0 Å². The summed E-state index contributed by atoms with van der Waals surface area (Å²) in [5.74, 6) is 0.544. The summed E-state index contributed by atoms with van der Waals surface area (Å²) in [6.07, 6.45) is 3.58. The molecule has 1 aromatic carbocycles. The smallest absolute Gasteiger partial charge is 0.251 e. The molecule has 122 valence electrons. The average molecular weight is 323 g/mol. The predicted molar refractivity (Wildman–Crippen MR) is 91.4 cm³/mol. The van der Waals surface area contributed by atoms with Crippen LogP contribution in [0.1, 0.15) is 15.9 Å². The summed E-state index contributed by atoms with van der Waals surface area (Å²) >= 11 is 0. The number of rotatable bonds is 5. The van der Waals surface area contributed by atoms with Gasteiger partial charge in [0.2, 0.25) is 0 Å². The summed E-state index contributed by atoms with van der Waals surface area (Å²) in [5.41, 5.74) is 1.77. The van der Waals surface area contributed by atoms with E-state index in [9.17, 15) is 9.59 Å². The summed E-state index contributed by atoms with van der Waals surface area (Å²) in [7, 11) is 1.60. The normalized spacial score (nSPS) is 10.5. The van der Waals surface area contributed by atoms with E-state index in [1.54, 1.807) is 37.7 Å². The Morgan fingerprint density at radius 1 is 1.21 bits per heavy atom. The third-order valence-corrected chi connectivity index (χ3v) is 3.75. The molecule has 0 saturated carbocycles. The fourth-order valence-electron chi connectivity index (χ4n) is 2.46. The van der Waals surface area contributed by atoms with Crippen molar-refractivity contribution < 1.29 is 9.53 Å². The van der Waals surface area contributed by atoms with Crippen LogP contribution in [0.4, 0.5) is 0 Å². The molecule has 2 aromatic heterocycles. The van der Waals surface area contributed by atoms with Crippen molar-refractivity contribution in [2.75, 3.05) is 13.7 Å². The number of ether oxygens (including phenoxy) is 1. The SMILES string of the molecule is COc1ccc2[nH]c(=O)c(CCNC(=O)c3ccncc3)cc2c1. The molecule has 0 aliphatic carbocycles. The van der Waals surface area contributed by atoms with Gasteiger partial charge in [0.25, 0.3) is 11.5 Å². The van der Waals surface area contributed by atoms with Gasteiger partial charge in [0.15, 0.2) is 0 Å². The van der Waals surface area contributed by atoms with Crippen molar-refractivity contribution in [1.29, 1.82) is 0 Å². The number of carbonyl (C=O) groups excluding carboxylic acids is 1. The first-order valence-electron chi connectivity index (χ1n) is 7.55. The number of nitrogens with zero attached hydrogens (tertiary/aromatic N) is 1. The minimum atomic E-state index is -0.184. The monoisotopic (exact) mass is 323 g/mol. The van der Waals surface area contributed by atoms with Crippen LogP contribution in [0, 0.1) is 0 Å². The molecular formula is C18H17N3O3. The zero-order chi connectivity index (χ0) is 16.9. The average Bonchev–Trinajstić information content (AvgIpc) is 2.62. The number of amides is 1. The van der Waals surface area contributed by atoms with Crippen LogP contribution in [0.15, 0.2) is 53.6 Å². The highest BCUT2D eigenvalue weighted by Gasteiger charge is 2.07. The lowest BCUT2D eigenvalue weighted by Crippen LogP contribution is -2.27. The molecule has 0 aliphatic heterocycles. The number of aromatic nitrogens is 2. The molecule has 24 heavy (non-hydrogen) atoms. The van der Waals surface area contributed by atoms with Gasteiger partial charge >= 0.3 is 0 Å². The molecule has 2 N–H and O–H groups in total. The maximum atomic E-state index is 12.1. The van der Waals surface area contributed by atoms with E-state index in [2.05, 4.69) is 15.3 Å². The summed E-state index contributed by atoms with van der Waals surface area (Å²) in [4.78, 5) is 30.8. The van der Waals surface area contributed by atoms with E-state index in [-0.39, 0.29) is 11.5 Å². The van der Waals surface area contributed by atoms with Gasteiger partial charge in [-0.05, 0) is 42.8 Å². The van der Waals surface area contributed by atoms with Crippen LogP contribution >= 0.6 is 0 Å². The molecule has 0 unspecified atom stereocenters. The Morgan fingerprint density at radius 2 is 2.00 bits per heavy atom. The Balaban J connectivity index is 1.72. The van der Waals surface area contributed by atoms with Crippen LogP contribution < -0.4 is 15.6 Å². The van der Waals surface area contributed by atoms with Gasteiger partial charge in [0.05, 0.1) is 7.11 Å². The van der Waals surface area contributed by atoms with Crippen LogP contribution in [-0.2, 0) is 6.42 Å². The van der Waals surface area contributed by atoms with Crippen molar-refractivity contribution in [2.24, 2.45) is 0 Å². The van der Waals surface area contributed by atoms with E-state index < -0.39 is 0 Å². The Hall–Kier alpha value is -3.15. The topological polar surface area (TPSA) is 84.1 Å². The van der Waals surface area contributed by atoms with Gasteiger partial charge in [-0.1, -0.05) is 0 Å². The van der Waals surface area contributed by atoms with E-state index >= 15 is 0 Å². The lowest BCUT2D eigenvalue weighted by molar-refractivity contribution is 0.0954. The lowest BCUT2D eigenvalue weighted by atomic mass is 10.1. The molecule has 1 amide bonds. The van der Waals surface area contributed by atoms with Crippen molar-refractivity contribution in [2.45, 2.75) is 6.42 Å². The first-order valence-corrected chi connectivity index (χ1v) is 7.55. The van der Waals surface area contributed by atoms with Crippen molar-refractivity contribution in [3.05, 3.63) is 70.3 Å². The van der Waals surface area contributed by atoms with Gasteiger partial charge < -0.3 is 15.0 Å². The molecule has 0 radical (unpaired) electrons. The van der Waals surface area contributed by atoms with E-state index in [1.165, 1.54) is 0 Å². The molecule has 6 nitrogen and oxygen atoms in total. The predicted octanol–water partition coefficient (Wildman–Crippen LogP) is 1.90. The second-order valence-electron chi connectivity index (χ2n) is 5.32. The van der Waals surface area contributed by atoms with Crippen LogP contribution in [0.3, 0.4) is 0 Å². The van der Waals surface area contributed by atoms with E-state index in [0.717, 1.165) is 16.7 Å². The van der Waals surface area contributed by atoms with Gasteiger partial charge in [-0.2, -0.15) is 0 Å². The van der Waals surface area contributed by atoms with Gasteiger partial charge in [-0.15, -0.1) is 0 Å². The largest absolute Gasteiger partial charge is 0.497 e. The Morgan fingerprint density at radius 3 is 2.75 bits per heavy atom. The first-order chi connectivity index (χ1) is 11.7. The van der Waals surface area contributed by atoms with Crippen LogP contribution in [0.5, 0.6) is 5.75 Å². The maximum Gasteiger partial charge on any atom is 0.251 e. The minimum Gasteiger partial charge on any atom is -0.497 e. The summed E-state index contributed by atoms with van der Waals surface area (Å²) in [6, 6.07) is 10.6. The molecule has 0 bridgehead atoms. The Bertz CT molecular complexity index is 920. The maximum absolute atomic E-state index is 12.1. The van der Waals surface area contributed by atoms with Crippen LogP contribution in [-0.4, -0.2) is 29.5 Å². The second-order valence-corrected chi connectivity index (χ2v) is 5.32. The zero-order valence-electron chi connectivity index (χ0n) is 13.2. The number of aromatic amines is 1. The highest BCUT2D eigenvalue weighted by molar-refractivity contribution is 5.93. The molecule has 3 aromatic rings. The third-order valence-electron chi connectivity index (χ3n) is 3.75. The lowest BCUT2D eigenvalue weighted by Gasteiger charge is -2.07. The fourth-order valence-corrected chi connectivity index (χ4v) is 2.46. The molecular weight excluding hydrogens is 306 g/mol. The van der Waals surface area contributed by atoms with E-state index in [4.69, 9.17) is 4.74 Å². The summed E-state index contributed by atoms with van der Waals surface area (Å²) in [6.45, 7) is 0.375. The van der Waals surface area contributed by atoms with Gasteiger partial charge in [-0.25, -0.2) is 0 Å². The quantitative estimate of drug-likeness (QED) is 0.751. The Kier molecular flexibility index (Phi) is 4.56. The van der Waals surface area contributed by atoms with Crippen molar-refractivity contribution >= 4 is 16.8 Å². The van der Waals surface area contributed by atoms with Gasteiger partial charge in [-0.3, -0.25) is 14.6 Å². The van der Waals surface area contributed by atoms with Crippen molar-refractivity contribution in [3.8, 4) is 5.75 Å². The van der Waals surface area contributed by atoms with Crippen molar-refractivity contribution in [1.82, 2.24) is 15.3 Å². The number of methoxy groups -OCH3 is 1. The number of nitrogens with one attached hydrogen (secondary N) is 2. The number of hydrogen-bond acceptors (Lipinski definition) is 4. The number of benzene rings is 1. The molecule has 2 heterocycles. The molecule has 3 rings (SSSR count). The molecule has 0 fully saturated rings. The molecule has 0 saturated heterocycles.